The molecule has 3 aromatic rings. The van der Waals surface area contributed by atoms with Crippen molar-refractivity contribution in [2.75, 3.05) is 5.32 Å². The molecular weight excluding hydrogens is 264 g/mol. The van der Waals surface area contributed by atoms with Crippen molar-refractivity contribution in [2.45, 2.75) is 13.8 Å². The number of nitrogens with one attached hydrogen (secondary N) is 2. The van der Waals surface area contributed by atoms with Crippen LogP contribution in [0.2, 0.25) is 0 Å². The molecule has 106 valence electrons. The summed E-state index contributed by atoms with van der Waals surface area (Å²) in [5.41, 5.74) is 3.93. The average Bonchev–Trinajstić information content (AvgIpc) is 2.97. The number of aromatic amines is 1. The topological polar surface area (TPSA) is 62.8 Å². The smallest absolute Gasteiger partial charge is 0.145 e. The van der Waals surface area contributed by atoms with E-state index in [0.717, 1.165) is 34.1 Å². The standard InChI is InChI=1S/C16H16N4O/c1-11-7-13(20-14-8-18-19-9-14)4-6-16(11)21-15-5-3-12(2)17-10-15/h3-10,20H,1-2H3,(H,18,19). The predicted octanol–water partition coefficient (Wildman–Crippen LogP) is 3.96. The van der Waals surface area contributed by atoms with E-state index in [9.17, 15) is 0 Å². The normalized spacial score (nSPS) is 10.4. The maximum atomic E-state index is 5.85. The number of nitrogens with zero attached hydrogens (tertiary/aromatic N) is 2. The average molecular weight is 280 g/mol. The van der Waals surface area contributed by atoms with E-state index in [4.69, 9.17) is 4.74 Å². The van der Waals surface area contributed by atoms with E-state index in [2.05, 4.69) is 20.5 Å². The van der Waals surface area contributed by atoms with Crippen LogP contribution in [0.15, 0.2) is 48.9 Å². The monoisotopic (exact) mass is 280 g/mol. The fourth-order valence-electron chi connectivity index (χ4n) is 1.97. The van der Waals surface area contributed by atoms with Crippen molar-refractivity contribution in [1.82, 2.24) is 15.2 Å². The van der Waals surface area contributed by atoms with Gasteiger partial charge in [-0.1, -0.05) is 0 Å². The zero-order chi connectivity index (χ0) is 14.7. The molecule has 0 radical (unpaired) electrons. The fraction of sp³-hybridized carbons (Fsp3) is 0.125. The molecule has 0 fully saturated rings. The molecule has 0 saturated heterocycles. The maximum Gasteiger partial charge on any atom is 0.145 e. The Labute approximate surface area is 123 Å². The summed E-state index contributed by atoms with van der Waals surface area (Å²) in [5.74, 6) is 1.55. The Hall–Kier alpha value is -2.82. The van der Waals surface area contributed by atoms with Gasteiger partial charge in [-0.3, -0.25) is 10.1 Å². The lowest BCUT2D eigenvalue weighted by atomic mass is 10.2. The van der Waals surface area contributed by atoms with Gasteiger partial charge in [0.1, 0.15) is 11.5 Å². The molecule has 3 rings (SSSR count). The molecule has 0 bridgehead atoms. The summed E-state index contributed by atoms with van der Waals surface area (Å²) >= 11 is 0. The van der Waals surface area contributed by atoms with Crippen LogP contribution in [0.1, 0.15) is 11.3 Å². The lowest BCUT2D eigenvalue weighted by Gasteiger charge is -2.11. The van der Waals surface area contributed by atoms with Crippen LogP contribution >= 0.6 is 0 Å². The summed E-state index contributed by atoms with van der Waals surface area (Å²) in [5, 5.41) is 9.93. The molecule has 0 aliphatic heterocycles. The van der Waals surface area contributed by atoms with Gasteiger partial charge in [0.25, 0.3) is 0 Å². The third-order valence-corrected chi connectivity index (χ3v) is 3.07. The minimum absolute atomic E-state index is 0.735. The Morgan fingerprint density at radius 3 is 2.62 bits per heavy atom. The summed E-state index contributed by atoms with van der Waals surface area (Å²) in [6.45, 7) is 3.96. The first-order valence-corrected chi connectivity index (χ1v) is 6.68. The summed E-state index contributed by atoms with van der Waals surface area (Å²) in [6.07, 6.45) is 5.27. The molecule has 0 aliphatic carbocycles. The number of H-pyrrole nitrogens is 1. The molecule has 0 saturated carbocycles. The molecule has 0 spiro atoms. The largest absolute Gasteiger partial charge is 0.455 e. The van der Waals surface area contributed by atoms with Crippen molar-refractivity contribution in [2.24, 2.45) is 0 Å². The van der Waals surface area contributed by atoms with E-state index in [1.807, 2.05) is 44.2 Å². The van der Waals surface area contributed by atoms with Crippen LogP contribution in [0.25, 0.3) is 0 Å². The van der Waals surface area contributed by atoms with E-state index in [1.165, 1.54) is 0 Å². The molecule has 0 aliphatic rings. The van der Waals surface area contributed by atoms with Gasteiger partial charge in [-0.25, -0.2) is 0 Å². The van der Waals surface area contributed by atoms with Gasteiger partial charge in [0.05, 0.1) is 18.1 Å². The number of anilines is 2. The third-order valence-electron chi connectivity index (χ3n) is 3.07. The van der Waals surface area contributed by atoms with E-state index < -0.39 is 0 Å². The van der Waals surface area contributed by atoms with Gasteiger partial charge in [-0.2, -0.15) is 5.10 Å². The highest BCUT2D eigenvalue weighted by Crippen LogP contribution is 2.28. The van der Waals surface area contributed by atoms with Gasteiger partial charge in [0.15, 0.2) is 0 Å². The van der Waals surface area contributed by atoms with E-state index in [0.29, 0.717) is 0 Å². The number of pyridine rings is 1. The zero-order valence-electron chi connectivity index (χ0n) is 11.9. The zero-order valence-corrected chi connectivity index (χ0v) is 11.9. The molecule has 2 aromatic heterocycles. The van der Waals surface area contributed by atoms with Crippen molar-refractivity contribution in [1.29, 1.82) is 0 Å². The number of aryl methyl sites for hydroxylation is 2. The number of hydrogen-bond acceptors (Lipinski definition) is 4. The maximum absolute atomic E-state index is 5.85. The Bertz CT molecular complexity index is 721. The number of benzene rings is 1. The first kappa shape index (κ1) is 13.2. The van der Waals surface area contributed by atoms with Gasteiger partial charge in [-0.05, 0) is 49.7 Å². The Morgan fingerprint density at radius 1 is 1.05 bits per heavy atom. The SMILES string of the molecule is Cc1ccc(Oc2ccc(Nc3cn[nH]c3)cc2C)cn1. The summed E-state index contributed by atoms with van der Waals surface area (Å²) < 4.78 is 5.85. The van der Waals surface area contributed by atoms with E-state index in [1.54, 1.807) is 18.6 Å². The molecule has 0 unspecified atom stereocenters. The minimum Gasteiger partial charge on any atom is -0.455 e. The Morgan fingerprint density at radius 2 is 1.95 bits per heavy atom. The molecule has 0 amide bonds. The van der Waals surface area contributed by atoms with E-state index >= 15 is 0 Å². The second-order valence-corrected chi connectivity index (χ2v) is 4.83. The van der Waals surface area contributed by atoms with E-state index in [-0.39, 0.29) is 0 Å². The van der Waals surface area contributed by atoms with Gasteiger partial charge >= 0.3 is 0 Å². The highest BCUT2D eigenvalue weighted by atomic mass is 16.5. The van der Waals surface area contributed by atoms with Gasteiger partial charge in [0, 0.05) is 17.6 Å². The Balaban J connectivity index is 1.76. The lowest BCUT2D eigenvalue weighted by Crippen LogP contribution is -1.92. The van der Waals surface area contributed by atoms with Crippen LogP contribution in [0.3, 0.4) is 0 Å². The van der Waals surface area contributed by atoms with Crippen molar-refractivity contribution >= 4 is 11.4 Å². The summed E-state index contributed by atoms with van der Waals surface area (Å²) in [7, 11) is 0. The molecule has 2 heterocycles. The van der Waals surface area contributed by atoms with Gasteiger partial charge in [-0.15, -0.1) is 0 Å². The molecule has 0 atom stereocenters. The van der Waals surface area contributed by atoms with Crippen molar-refractivity contribution in [3.8, 4) is 11.5 Å². The molecule has 1 aromatic carbocycles. The van der Waals surface area contributed by atoms with Crippen LogP contribution < -0.4 is 10.1 Å². The molecule has 21 heavy (non-hydrogen) atoms. The third kappa shape index (κ3) is 3.20. The minimum atomic E-state index is 0.735. The van der Waals surface area contributed by atoms with Crippen LogP contribution in [-0.4, -0.2) is 15.2 Å². The number of aromatic nitrogens is 3. The Kier molecular flexibility index (Phi) is 3.55. The molecule has 5 heteroatoms. The number of rotatable bonds is 4. The van der Waals surface area contributed by atoms with Crippen LogP contribution in [0, 0.1) is 13.8 Å². The number of ether oxygens (including phenoxy) is 1. The molecule has 2 N–H and O–H groups in total. The fourth-order valence-corrected chi connectivity index (χ4v) is 1.97. The highest BCUT2D eigenvalue weighted by Gasteiger charge is 2.04. The number of hydrogen-bond donors (Lipinski definition) is 2. The highest BCUT2D eigenvalue weighted by molar-refractivity contribution is 5.60. The quantitative estimate of drug-likeness (QED) is 0.759. The van der Waals surface area contributed by atoms with Crippen LogP contribution in [0.4, 0.5) is 11.4 Å². The predicted molar refractivity (Wildman–Crippen MR) is 82.1 cm³/mol. The van der Waals surface area contributed by atoms with Gasteiger partial charge < -0.3 is 10.1 Å². The van der Waals surface area contributed by atoms with Crippen molar-refractivity contribution in [3.63, 3.8) is 0 Å². The first-order valence-electron chi connectivity index (χ1n) is 6.68. The first-order chi connectivity index (χ1) is 10.2. The lowest BCUT2D eigenvalue weighted by molar-refractivity contribution is 0.476. The molecular formula is C16H16N4O. The summed E-state index contributed by atoms with van der Waals surface area (Å²) in [6, 6.07) is 9.79. The second-order valence-electron chi connectivity index (χ2n) is 4.83. The van der Waals surface area contributed by atoms with Crippen molar-refractivity contribution < 1.29 is 4.74 Å². The molecule has 5 nitrogen and oxygen atoms in total. The van der Waals surface area contributed by atoms with Crippen LogP contribution in [0.5, 0.6) is 11.5 Å². The summed E-state index contributed by atoms with van der Waals surface area (Å²) in [4.78, 5) is 4.22. The van der Waals surface area contributed by atoms with Crippen molar-refractivity contribution in [3.05, 3.63) is 60.2 Å². The van der Waals surface area contributed by atoms with Gasteiger partial charge in [0.2, 0.25) is 0 Å². The van der Waals surface area contributed by atoms with Crippen LogP contribution in [-0.2, 0) is 0 Å². The second kappa shape index (κ2) is 5.66.